The van der Waals surface area contributed by atoms with Gasteiger partial charge in [-0.05, 0) is 50.4 Å². The molecule has 2 nitrogen and oxygen atoms in total. The summed E-state index contributed by atoms with van der Waals surface area (Å²) in [5.41, 5.74) is 1.33. The van der Waals surface area contributed by atoms with Crippen molar-refractivity contribution < 1.29 is 4.74 Å². The SMILES string of the molecule is CCCNC(C)C(C)Oc1cccc(C(C)C)c1. The van der Waals surface area contributed by atoms with Gasteiger partial charge in [0.1, 0.15) is 11.9 Å². The highest BCUT2D eigenvalue weighted by atomic mass is 16.5. The summed E-state index contributed by atoms with van der Waals surface area (Å²) in [6.45, 7) is 11.9. The van der Waals surface area contributed by atoms with Crippen molar-refractivity contribution in [3.05, 3.63) is 29.8 Å². The summed E-state index contributed by atoms with van der Waals surface area (Å²) < 4.78 is 6.00. The van der Waals surface area contributed by atoms with Crippen LogP contribution in [0.15, 0.2) is 24.3 Å². The van der Waals surface area contributed by atoms with E-state index >= 15 is 0 Å². The minimum atomic E-state index is 0.180. The van der Waals surface area contributed by atoms with Crippen molar-refractivity contribution >= 4 is 0 Å². The van der Waals surface area contributed by atoms with Crippen LogP contribution in [0.25, 0.3) is 0 Å². The highest BCUT2D eigenvalue weighted by Gasteiger charge is 2.13. The predicted octanol–water partition coefficient (Wildman–Crippen LogP) is 3.97. The fourth-order valence-electron chi connectivity index (χ4n) is 1.80. The highest BCUT2D eigenvalue weighted by molar-refractivity contribution is 5.30. The summed E-state index contributed by atoms with van der Waals surface area (Å²) in [5, 5.41) is 3.46. The van der Waals surface area contributed by atoms with E-state index in [1.165, 1.54) is 5.56 Å². The van der Waals surface area contributed by atoms with E-state index in [9.17, 15) is 0 Å². The van der Waals surface area contributed by atoms with Gasteiger partial charge < -0.3 is 10.1 Å². The predicted molar refractivity (Wildman–Crippen MR) is 78.4 cm³/mol. The van der Waals surface area contributed by atoms with Crippen LogP contribution in [0.3, 0.4) is 0 Å². The number of nitrogens with one attached hydrogen (secondary N) is 1. The first-order valence-corrected chi connectivity index (χ1v) is 7.04. The molecule has 1 rings (SSSR count). The molecule has 102 valence electrons. The third-order valence-corrected chi connectivity index (χ3v) is 3.27. The maximum Gasteiger partial charge on any atom is 0.120 e. The van der Waals surface area contributed by atoms with E-state index in [1.807, 2.05) is 6.07 Å². The summed E-state index contributed by atoms with van der Waals surface area (Å²) in [4.78, 5) is 0. The molecule has 0 fully saturated rings. The molecule has 0 aromatic heterocycles. The Morgan fingerprint density at radius 2 is 1.89 bits per heavy atom. The average Bonchev–Trinajstić information content (AvgIpc) is 2.36. The zero-order chi connectivity index (χ0) is 13.5. The molecule has 0 aliphatic carbocycles. The molecule has 0 aliphatic heterocycles. The lowest BCUT2D eigenvalue weighted by atomic mass is 10.0. The van der Waals surface area contributed by atoms with Gasteiger partial charge in [0.25, 0.3) is 0 Å². The summed E-state index contributed by atoms with van der Waals surface area (Å²) in [7, 11) is 0. The molecule has 0 saturated carbocycles. The summed E-state index contributed by atoms with van der Waals surface area (Å²) in [5.74, 6) is 1.51. The Bertz CT molecular complexity index is 349. The Morgan fingerprint density at radius 1 is 1.17 bits per heavy atom. The lowest BCUT2D eigenvalue weighted by molar-refractivity contribution is 0.178. The van der Waals surface area contributed by atoms with Crippen molar-refractivity contribution in [2.75, 3.05) is 6.54 Å². The lowest BCUT2D eigenvalue weighted by Gasteiger charge is -2.23. The molecule has 2 heteroatoms. The van der Waals surface area contributed by atoms with Gasteiger partial charge in [-0.1, -0.05) is 32.9 Å². The molecular formula is C16H27NO. The Kier molecular flexibility index (Phi) is 6.20. The molecule has 0 spiro atoms. The van der Waals surface area contributed by atoms with Crippen molar-refractivity contribution in [1.29, 1.82) is 0 Å². The minimum absolute atomic E-state index is 0.180. The van der Waals surface area contributed by atoms with E-state index in [2.05, 4.69) is 58.1 Å². The molecular weight excluding hydrogens is 222 g/mol. The standard InChI is InChI=1S/C16H27NO/c1-6-10-17-13(4)14(5)18-16-9-7-8-15(11-16)12(2)3/h7-9,11-14,17H,6,10H2,1-5H3. The maximum absolute atomic E-state index is 6.00. The van der Waals surface area contributed by atoms with E-state index in [4.69, 9.17) is 4.74 Å². The van der Waals surface area contributed by atoms with Crippen LogP contribution in [0.4, 0.5) is 0 Å². The van der Waals surface area contributed by atoms with E-state index in [0.717, 1.165) is 18.7 Å². The highest BCUT2D eigenvalue weighted by Crippen LogP contribution is 2.21. The summed E-state index contributed by atoms with van der Waals surface area (Å²) >= 11 is 0. The van der Waals surface area contributed by atoms with Crippen molar-refractivity contribution in [1.82, 2.24) is 5.32 Å². The van der Waals surface area contributed by atoms with E-state index in [-0.39, 0.29) is 6.10 Å². The fraction of sp³-hybridized carbons (Fsp3) is 0.625. The monoisotopic (exact) mass is 249 g/mol. The van der Waals surface area contributed by atoms with E-state index < -0.39 is 0 Å². The topological polar surface area (TPSA) is 21.3 Å². The van der Waals surface area contributed by atoms with E-state index in [1.54, 1.807) is 0 Å². The lowest BCUT2D eigenvalue weighted by Crippen LogP contribution is -2.39. The molecule has 18 heavy (non-hydrogen) atoms. The molecule has 0 aliphatic rings. The van der Waals surface area contributed by atoms with Gasteiger partial charge in [-0.25, -0.2) is 0 Å². The van der Waals surface area contributed by atoms with Gasteiger partial charge in [0.15, 0.2) is 0 Å². The molecule has 0 heterocycles. The average molecular weight is 249 g/mol. The zero-order valence-corrected chi connectivity index (χ0v) is 12.4. The van der Waals surface area contributed by atoms with Gasteiger partial charge in [0.2, 0.25) is 0 Å². The quantitative estimate of drug-likeness (QED) is 0.789. The van der Waals surface area contributed by atoms with Crippen molar-refractivity contribution in [2.45, 2.75) is 59.1 Å². The first kappa shape index (κ1) is 15.0. The van der Waals surface area contributed by atoms with Gasteiger partial charge >= 0.3 is 0 Å². The molecule has 2 unspecified atom stereocenters. The van der Waals surface area contributed by atoms with Crippen LogP contribution >= 0.6 is 0 Å². The first-order valence-electron chi connectivity index (χ1n) is 7.04. The molecule has 1 aromatic rings. The Balaban J connectivity index is 2.58. The third-order valence-electron chi connectivity index (χ3n) is 3.27. The van der Waals surface area contributed by atoms with E-state index in [0.29, 0.717) is 12.0 Å². The smallest absolute Gasteiger partial charge is 0.120 e. The summed E-state index contributed by atoms with van der Waals surface area (Å²) in [6, 6.07) is 8.78. The molecule has 2 atom stereocenters. The zero-order valence-electron chi connectivity index (χ0n) is 12.4. The Morgan fingerprint density at radius 3 is 2.50 bits per heavy atom. The normalized spacial score (nSPS) is 14.6. The molecule has 0 radical (unpaired) electrons. The number of hydrogen-bond acceptors (Lipinski definition) is 2. The fourth-order valence-corrected chi connectivity index (χ4v) is 1.80. The van der Waals surface area contributed by atoms with Gasteiger partial charge in [0, 0.05) is 6.04 Å². The third kappa shape index (κ3) is 4.69. The molecule has 0 saturated heterocycles. The largest absolute Gasteiger partial charge is 0.489 e. The minimum Gasteiger partial charge on any atom is -0.489 e. The maximum atomic E-state index is 6.00. The van der Waals surface area contributed by atoms with Crippen LogP contribution in [-0.2, 0) is 0 Å². The number of rotatable bonds is 7. The Labute approximate surface area is 112 Å². The molecule has 1 N–H and O–H groups in total. The van der Waals surface area contributed by atoms with Gasteiger partial charge in [-0.2, -0.15) is 0 Å². The van der Waals surface area contributed by atoms with Crippen molar-refractivity contribution in [3.8, 4) is 5.75 Å². The number of benzene rings is 1. The van der Waals surface area contributed by atoms with Crippen LogP contribution < -0.4 is 10.1 Å². The van der Waals surface area contributed by atoms with Crippen molar-refractivity contribution in [2.24, 2.45) is 0 Å². The van der Waals surface area contributed by atoms with Gasteiger partial charge in [0.05, 0.1) is 0 Å². The van der Waals surface area contributed by atoms with Crippen LogP contribution in [-0.4, -0.2) is 18.7 Å². The van der Waals surface area contributed by atoms with Crippen LogP contribution in [0.5, 0.6) is 5.75 Å². The van der Waals surface area contributed by atoms with Gasteiger partial charge in [-0.15, -0.1) is 0 Å². The van der Waals surface area contributed by atoms with Crippen LogP contribution in [0.2, 0.25) is 0 Å². The Hall–Kier alpha value is -1.02. The summed E-state index contributed by atoms with van der Waals surface area (Å²) in [6.07, 6.45) is 1.33. The van der Waals surface area contributed by atoms with Gasteiger partial charge in [-0.3, -0.25) is 0 Å². The first-order chi connectivity index (χ1) is 8.54. The molecule has 1 aromatic carbocycles. The second-order valence-corrected chi connectivity index (χ2v) is 5.29. The number of ether oxygens (including phenoxy) is 1. The number of hydrogen-bond donors (Lipinski definition) is 1. The second-order valence-electron chi connectivity index (χ2n) is 5.29. The second kappa shape index (κ2) is 7.42. The van der Waals surface area contributed by atoms with Crippen LogP contribution in [0, 0.1) is 0 Å². The molecule has 0 bridgehead atoms. The molecule has 0 amide bonds. The van der Waals surface area contributed by atoms with Crippen LogP contribution in [0.1, 0.15) is 52.5 Å². The van der Waals surface area contributed by atoms with Crippen molar-refractivity contribution in [3.63, 3.8) is 0 Å².